The van der Waals surface area contributed by atoms with Gasteiger partial charge in [-0.05, 0) is 44.9 Å². The Bertz CT molecular complexity index is 1470. The zero-order chi connectivity index (χ0) is 23.7. The highest BCUT2D eigenvalue weighted by Gasteiger charge is 2.35. The van der Waals surface area contributed by atoms with Crippen LogP contribution in [0.15, 0.2) is 35.1 Å². The van der Waals surface area contributed by atoms with E-state index in [9.17, 15) is 22.4 Å². The van der Waals surface area contributed by atoms with Crippen molar-refractivity contribution in [3.63, 3.8) is 0 Å². The van der Waals surface area contributed by atoms with Crippen LogP contribution in [0.3, 0.4) is 0 Å². The highest BCUT2D eigenvalue weighted by molar-refractivity contribution is 6.01. The predicted molar refractivity (Wildman–Crippen MR) is 117 cm³/mol. The molecule has 0 saturated heterocycles. The minimum Gasteiger partial charge on any atom is -0.361 e. The first kappa shape index (κ1) is 21.4. The minimum absolute atomic E-state index is 0.102. The van der Waals surface area contributed by atoms with Crippen LogP contribution in [0.25, 0.3) is 21.8 Å². The summed E-state index contributed by atoms with van der Waals surface area (Å²) in [5.41, 5.74) is 0.616. The van der Waals surface area contributed by atoms with Gasteiger partial charge < -0.3 is 5.32 Å². The maximum absolute atomic E-state index is 14.7. The lowest BCUT2D eigenvalue weighted by Crippen LogP contribution is -2.21. The third kappa shape index (κ3) is 3.44. The molecule has 4 aromatic rings. The number of alkyl halides is 3. The largest absolute Gasteiger partial charge is 0.419 e. The van der Waals surface area contributed by atoms with Crippen LogP contribution in [0, 0.1) is 12.7 Å². The fourth-order valence-electron chi connectivity index (χ4n) is 4.31. The number of anilines is 1. The van der Waals surface area contributed by atoms with E-state index < -0.39 is 23.6 Å². The molecule has 172 valence electrons. The number of hydrogen-bond donors (Lipinski definition) is 1. The van der Waals surface area contributed by atoms with Crippen molar-refractivity contribution in [3.8, 4) is 0 Å². The van der Waals surface area contributed by atoms with Crippen molar-refractivity contribution in [1.29, 1.82) is 0 Å². The van der Waals surface area contributed by atoms with E-state index in [1.54, 1.807) is 30.0 Å². The summed E-state index contributed by atoms with van der Waals surface area (Å²) in [7, 11) is 1.72. The number of fused-ring (bicyclic) bond motifs is 2. The Morgan fingerprint density at radius 1 is 1.12 bits per heavy atom. The lowest BCUT2D eigenvalue weighted by molar-refractivity contribution is -0.140. The van der Waals surface area contributed by atoms with Gasteiger partial charge in [0.15, 0.2) is 5.82 Å². The highest BCUT2D eigenvalue weighted by atomic mass is 19.4. The maximum atomic E-state index is 14.7. The predicted octanol–water partition coefficient (Wildman–Crippen LogP) is 5.26. The fraction of sp³-hybridized carbons (Fsp3) is 0.348. The Kier molecular flexibility index (Phi) is 4.73. The van der Waals surface area contributed by atoms with Crippen LogP contribution >= 0.6 is 0 Å². The number of nitrogens with one attached hydrogen (secondary N) is 1. The molecule has 5 rings (SSSR count). The molecule has 1 fully saturated rings. The minimum atomic E-state index is -4.79. The normalized spacial score (nSPS) is 15.4. The van der Waals surface area contributed by atoms with E-state index in [4.69, 9.17) is 0 Å². The average molecular weight is 459 g/mol. The summed E-state index contributed by atoms with van der Waals surface area (Å²) in [6.07, 6.45) is -2.93. The molecule has 6 nitrogen and oxygen atoms in total. The van der Waals surface area contributed by atoms with E-state index in [1.807, 2.05) is 12.1 Å². The van der Waals surface area contributed by atoms with Crippen molar-refractivity contribution in [3.05, 3.63) is 63.5 Å². The van der Waals surface area contributed by atoms with Crippen molar-refractivity contribution in [2.75, 3.05) is 5.32 Å². The van der Waals surface area contributed by atoms with E-state index in [1.165, 1.54) is 12.1 Å². The van der Waals surface area contributed by atoms with Gasteiger partial charge >= 0.3 is 11.9 Å². The molecule has 1 aliphatic rings. The molecule has 1 N–H and O–H groups in total. The highest BCUT2D eigenvalue weighted by Crippen LogP contribution is 2.38. The van der Waals surface area contributed by atoms with E-state index in [0.29, 0.717) is 16.9 Å². The quantitative estimate of drug-likeness (QED) is 0.423. The average Bonchev–Trinajstić information content (AvgIpc) is 3.55. The number of halogens is 4. The third-order valence-corrected chi connectivity index (χ3v) is 6.24. The van der Waals surface area contributed by atoms with Gasteiger partial charge in [-0.1, -0.05) is 12.1 Å². The summed E-state index contributed by atoms with van der Waals surface area (Å²) in [6, 6.07) is 6.27. The van der Waals surface area contributed by atoms with E-state index in [2.05, 4.69) is 15.5 Å². The topological polar surface area (TPSA) is 64.7 Å². The molecular formula is C23H21F4N5O. The molecule has 1 aliphatic carbocycles. The number of rotatable bonds is 4. The van der Waals surface area contributed by atoms with Crippen LogP contribution in [0.5, 0.6) is 0 Å². The zero-order valence-corrected chi connectivity index (χ0v) is 18.2. The molecule has 0 aliphatic heterocycles. The molecule has 2 aromatic heterocycles. The molecular weight excluding hydrogens is 438 g/mol. The van der Waals surface area contributed by atoms with Gasteiger partial charge in [-0.25, -0.2) is 9.18 Å². The summed E-state index contributed by atoms with van der Waals surface area (Å²) >= 11 is 0. The second-order valence-electron chi connectivity index (χ2n) is 8.54. The van der Waals surface area contributed by atoms with Gasteiger partial charge in [0.2, 0.25) is 0 Å². The molecule has 2 aromatic carbocycles. The standard InChI is InChI=1S/C23H21F4N5O/c1-11(14-5-4-6-17(20(14)24)23(25,26)27)28-21-16-10-19-18(9-15(16)12(2)29-30-21)31(3)22(33)32(19)13-7-8-13/h4-6,9-11,13H,7-8H2,1-3H3,(H,28,30)/t11-/m1/s1. The van der Waals surface area contributed by atoms with Gasteiger partial charge in [0.25, 0.3) is 0 Å². The van der Waals surface area contributed by atoms with Crippen molar-refractivity contribution >= 4 is 27.6 Å². The van der Waals surface area contributed by atoms with Crippen LogP contribution in [0.1, 0.15) is 48.7 Å². The molecule has 0 spiro atoms. The molecule has 33 heavy (non-hydrogen) atoms. The van der Waals surface area contributed by atoms with Crippen LogP contribution < -0.4 is 11.0 Å². The molecule has 0 bridgehead atoms. The van der Waals surface area contributed by atoms with Crippen molar-refractivity contribution in [2.45, 2.75) is 44.9 Å². The number of imidazole rings is 1. The lowest BCUT2D eigenvalue weighted by atomic mass is 10.0. The van der Waals surface area contributed by atoms with E-state index in [0.717, 1.165) is 35.3 Å². The molecule has 1 saturated carbocycles. The van der Waals surface area contributed by atoms with Crippen LogP contribution in [-0.4, -0.2) is 19.3 Å². The molecule has 10 heteroatoms. The summed E-state index contributed by atoms with van der Waals surface area (Å²) in [5.74, 6) is -1.01. The zero-order valence-electron chi connectivity index (χ0n) is 18.2. The first-order valence-electron chi connectivity index (χ1n) is 10.6. The van der Waals surface area contributed by atoms with Gasteiger partial charge in [-0.3, -0.25) is 9.13 Å². The van der Waals surface area contributed by atoms with Gasteiger partial charge in [0.1, 0.15) is 5.82 Å². The Balaban J connectivity index is 1.63. The van der Waals surface area contributed by atoms with Gasteiger partial charge in [-0.15, -0.1) is 5.10 Å². The van der Waals surface area contributed by atoms with Crippen molar-refractivity contribution in [1.82, 2.24) is 19.3 Å². The van der Waals surface area contributed by atoms with E-state index in [-0.39, 0.29) is 17.3 Å². The fourth-order valence-corrected chi connectivity index (χ4v) is 4.31. The first-order valence-corrected chi connectivity index (χ1v) is 10.6. The Labute approximate surface area is 185 Å². The number of hydrogen-bond acceptors (Lipinski definition) is 4. The van der Waals surface area contributed by atoms with Crippen LogP contribution in [0.4, 0.5) is 23.4 Å². The van der Waals surface area contributed by atoms with Gasteiger partial charge in [0, 0.05) is 29.4 Å². The van der Waals surface area contributed by atoms with Crippen LogP contribution in [-0.2, 0) is 13.2 Å². The summed E-state index contributed by atoms with van der Waals surface area (Å²) in [5, 5.41) is 12.8. The van der Waals surface area contributed by atoms with Gasteiger partial charge in [-0.2, -0.15) is 18.3 Å². The second kappa shape index (κ2) is 7.29. The first-order chi connectivity index (χ1) is 15.6. The third-order valence-electron chi connectivity index (χ3n) is 6.24. The SMILES string of the molecule is Cc1nnc(N[C@H](C)c2cccc(C(F)(F)F)c2F)c2cc3c(cc12)n(C)c(=O)n3C1CC1. The summed E-state index contributed by atoms with van der Waals surface area (Å²) in [6.45, 7) is 3.35. The maximum Gasteiger partial charge on any atom is 0.419 e. The van der Waals surface area contributed by atoms with Crippen molar-refractivity contribution in [2.24, 2.45) is 7.05 Å². The summed E-state index contributed by atoms with van der Waals surface area (Å²) in [4.78, 5) is 12.8. The smallest absolute Gasteiger partial charge is 0.361 e. The second-order valence-corrected chi connectivity index (χ2v) is 8.54. The van der Waals surface area contributed by atoms with Crippen LogP contribution in [0.2, 0.25) is 0 Å². The Morgan fingerprint density at radius 2 is 1.82 bits per heavy atom. The molecule has 1 atom stereocenters. The molecule has 0 amide bonds. The molecule has 0 unspecified atom stereocenters. The Morgan fingerprint density at radius 3 is 2.48 bits per heavy atom. The Hall–Kier alpha value is -3.43. The van der Waals surface area contributed by atoms with Gasteiger partial charge in [0.05, 0.1) is 28.3 Å². The summed E-state index contributed by atoms with van der Waals surface area (Å²) < 4.78 is 57.5. The number of aryl methyl sites for hydroxylation is 2. The monoisotopic (exact) mass is 459 g/mol. The van der Waals surface area contributed by atoms with Crippen molar-refractivity contribution < 1.29 is 17.6 Å². The molecule has 2 heterocycles. The van der Waals surface area contributed by atoms with E-state index >= 15 is 0 Å². The lowest BCUT2D eigenvalue weighted by Gasteiger charge is -2.19. The number of benzene rings is 2. The molecule has 0 radical (unpaired) electrons. The number of nitrogens with zero attached hydrogens (tertiary/aromatic N) is 4. The number of aromatic nitrogens is 4.